The minimum atomic E-state index is -1.46. The Balaban J connectivity index is 1.24. The Labute approximate surface area is 234 Å². The summed E-state index contributed by atoms with van der Waals surface area (Å²) in [7, 11) is 0. The molecule has 1 saturated carbocycles. The van der Waals surface area contributed by atoms with Gasteiger partial charge in [-0.15, -0.1) is 11.3 Å². The van der Waals surface area contributed by atoms with Crippen LogP contribution in [0, 0.1) is 0 Å². The molecular weight excluding hydrogens is 538 g/mol. The van der Waals surface area contributed by atoms with Crippen LogP contribution in [-0.2, 0) is 11.2 Å². The lowest BCUT2D eigenvalue weighted by molar-refractivity contribution is -0.242. The second-order valence-electron chi connectivity index (χ2n) is 10.2. The Morgan fingerprint density at radius 3 is 2.54 bits per heavy atom. The summed E-state index contributed by atoms with van der Waals surface area (Å²) in [5, 5.41) is 35.5. The molecular formula is C29H30ClN3O5S. The number of thiophene rings is 1. The van der Waals surface area contributed by atoms with Crippen molar-refractivity contribution < 1.29 is 24.9 Å². The number of fused-ring (bicyclic) bond motifs is 1. The van der Waals surface area contributed by atoms with Gasteiger partial charge in [-0.05, 0) is 65.4 Å². The first kappa shape index (κ1) is 26.5. The van der Waals surface area contributed by atoms with Crippen molar-refractivity contribution in [3.63, 3.8) is 0 Å². The molecule has 4 aromatic rings. The van der Waals surface area contributed by atoms with Gasteiger partial charge in [0.1, 0.15) is 24.4 Å². The molecule has 6 rings (SSSR count). The Hall–Kier alpha value is -2.76. The number of carbonyl (C=O) groups is 1. The van der Waals surface area contributed by atoms with E-state index in [0.29, 0.717) is 22.2 Å². The van der Waals surface area contributed by atoms with Crippen LogP contribution in [0.4, 0.5) is 0 Å². The highest BCUT2D eigenvalue weighted by Crippen LogP contribution is 2.40. The van der Waals surface area contributed by atoms with E-state index < -0.39 is 30.6 Å². The zero-order valence-corrected chi connectivity index (χ0v) is 22.6. The number of aromatic nitrogens is 1. The third-order valence-corrected chi connectivity index (χ3v) is 8.70. The SMILES string of the molecule is O=C(NNC[C@H]1O[C@@H](n2cc(Cc3ccc(C4CC4)cc3)c3c(Cl)cccc32)[C@H](O)[C@@H](O)[C@@H]1O)c1cccs1. The third-order valence-electron chi connectivity index (χ3n) is 7.52. The van der Waals surface area contributed by atoms with Crippen LogP contribution in [0.1, 0.15) is 51.3 Å². The van der Waals surface area contributed by atoms with Gasteiger partial charge in [-0.25, -0.2) is 5.43 Å². The minimum Gasteiger partial charge on any atom is -0.388 e. The van der Waals surface area contributed by atoms with Gasteiger partial charge in [0.25, 0.3) is 5.91 Å². The number of nitrogens with one attached hydrogen (secondary N) is 2. The fraction of sp³-hybridized carbons (Fsp3) is 0.345. The first-order valence-corrected chi connectivity index (χ1v) is 14.3. The van der Waals surface area contributed by atoms with E-state index in [2.05, 4.69) is 35.1 Å². The van der Waals surface area contributed by atoms with Gasteiger partial charge in [-0.2, -0.15) is 0 Å². The number of benzene rings is 2. The molecule has 2 fully saturated rings. The van der Waals surface area contributed by atoms with Crippen molar-refractivity contribution in [2.24, 2.45) is 0 Å². The number of aliphatic hydroxyl groups is 3. The zero-order valence-electron chi connectivity index (χ0n) is 21.0. The van der Waals surface area contributed by atoms with E-state index in [0.717, 1.165) is 22.0 Å². The number of aliphatic hydroxyl groups excluding tert-OH is 3. The van der Waals surface area contributed by atoms with Gasteiger partial charge in [-0.1, -0.05) is 48.0 Å². The highest BCUT2D eigenvalue weighted by Gasteiger charge is 2.44. The molecule has 3 heterocycles. The molecule has 2 aliphatic rings. The maximum Gasteiger partial charge on any atom is 0.275 e. The molecule has 0 radical (unpaired) electrons. The number of ether oxygens (including phenoxy) is 1. The van der Waals surface area contributed by atoms with Crippen molar-refractivity contribution in [3.8, 4) is 0 Å². The lowest BCUT2D eigenvalue weighted by atomic mass is 9.98. The fourth-order valence-corrected chi connectivity index (χ4v) is 6.18. The quantitative estimate of drug-likeness (QED) is 0.207. The topological polar surface area (TPSA) is 116 Å². The molecule has 2 aromatic carbocycles. The third kappa shape index (κ3) is 5.36. The van der Waals surface area contributed by atoms with Crippen LogP contribution in [-0.4, -0.2) is 56.8 Å². The summed E-state index contributed by atoms with van der Waals surface area (Å²) in [4.78, 5) is 12.8. The van der Waals surface area contributed by atoms with E-state index in [1.54, 1.807) is 22.1 Å². The van der Waals surface area contributed by atoms with Crippen LogP contribution in [0.15, 0.2) is 66.2 Å². The van der Waals surface area contributed by atoms with Gasteiger partial charge in [0.2, 0.25) is 0 Å². The van der Waals surface area contributed by atoms with Crippen LogP contribution < -0.4 is 10.9 Å². The number of hydrazine groups is 1. The molecule has 0 spiro atoms. The molecule has 1 aliphatic heterocycles. The Kier molecular flexibility index (Phi) is 7.47. The summed E-state index contributed by atoms with van der Waals surface area (Å²) in [6.45, 7) is 0.0126. The largest absolute Gasteiger partial charge is 0.388 e. The van der Waals surface area contributed by atoms with Gasteiger partial charge in [-0.3, -0.25) is 10.2 Å². The van der Waals surface area contributed by atoms with Crippen LogP contribution in [0.25, 0.3) is 10.9 Å². The van der Waals surface area contributed by atoms with Gasteiger partial charge in [0.15, 0.2) is 6.23 Å². The molecule has 1 saturated heterocycles. The van der Waals surface area contributed by atoms with Crippen LogP contribution in [0.3, 0.4) is 0 Å². The second-order valence-corrected chi connectivity index (χ2v) is 11.6. The fourth-order valence-electron chi connectivity index (χ4n) is 5.27. The van der Waals surface area contributed by atoms with Crippen LogP contribution in [0.5, 0.6) is 0 Å². The molecule has 10 heteroatoms. The van der Waals surface area contributed by atoms with E-state index in [4.69, 9.17) is 16.3 Å². The van der Waals surface area contributed by atoms with E-state index >= 15 is 0 Å². The Bertz CT molecular complexity index is 1450. The first-order chi connectivity index (χ1) is 18.9. The van der Waals surface area contributed by atoms with Crippen molar-refractivity contribution in [3.05, 3.63) is 92.8 Å². The standard InChI is InChI=1S/C29H30ClN3O5S/c30-20-3-1-4-21-24(20)19(13-16-6-8-17(9-7-16)18-10-11-18)15-33(21)29-27(36)26(35)25(34)22(38-29)14-31-32-28(37)23-5-2-12-39-23/h1-9,12,15,18,22,25-27,29,31,34-36H,10-11,13-14H2,(H,32,37)/t22-,25-,26+,27-,29-/m1/s1. The number of nitrogens with zero attached hydrogens (tertiary/aromatic N) is 1. The lowest BCUT2D eigenvalue weighted by Gasteiger charge is -2.41. The van der Waals surface area contributed by atoms with E-state index in [9.17, 15) is 20.1 Å². The van der Waals surface area contributed by atoms with Gasteiger partial charge < -0.3 is 24.6 Å². The van der Waals surface area contributed by atoms with E-state index in [1.165, 1.54) is 29.7 Å². The predicted octanol–water partition coefficient (Wildman–Crippen LogP) is 3.74. The molecule has 2 aromatic heterocycles. The maximum absolute atomic E-state index is 12.2. The van der Waals surface area contributed by atoms with Crippen LogP contribution in [0.2, 0.25) is 5.02 Å². The number of hydrogen-bond acceptors (Lipinski definition) is 7. The lowest BCUT2D eigenvalue weighted by Crippen LogP contribution is -2.59. The average Bonchev–Trinajstić information content (AvgIpc) is 3.50. The minimum absolute atomic E-state index is 0.0126. The van der Waals surface area contributed by atoms with Gasteiger partial charge in [0, 0.05) is 18.1 Å². The molecule has 5 N–H and O–H groups in total. The highest BCUT2D eigenvalue weighted by molar-refractivity contribution is 7.12. The smallest absolute Gasteiger partial charge is 0.275 e. The number of hydrogen-bond donors (Lipinski definition) is 5. The molecule has 5 atom stereocenters. The number of carbonyl (C=O) groups excluding carboxylic acids is 1. The van der Waals surface area contributed by atoms with Crippen molar-refractivity contribution in [1.29, 1.82) is 0 Å². The molecule has 1 amide bonds. The summed E-state index contributed by atoms with van der Waals surface area (Å²) >= 11 is 7.96. The summed E-state index contributed by atoms with van der Waals surface area (Å²) in [6.07, 6.45) is -1.08. The number of rotatable bonds is 8. The average molecular weight is 568 g/mol. The number of amides is 1. The zero-order chi connectivity index (χ0) is 27.1. The molecule has 8 nitrogen and oxygen atoms in total. The summed E-state index contributed by atoms with van der Waals surface area (Å²) in [6, 6.07) is 17.7. The second kappa shape index (κ2) is 11.0. The molecule has 0 bridgehead atoms. The van der Waals surface area contributed by atoms with Crippen molar-refractivity contribution in [2.75, 3.05) is 6.54 Å². The van der Waals surface area contributed by atoms with E-state index in [-0.39, 0.29) is 12.5 Å². The van der Waals surface area contributed by atoms with Crippen molar-refractivity contribution >= 4 is 39.7 Å². The van der Waals surface area contributed by atoms with E-state index in [1.807, 2.05) is 24.4 Å². The monoisotopic (exact) mass is 567 g/mol. The van der Waals surface area contributed by atoms with Gasteiger partial charge >= 0.3 is 0 Å². The maximum atomic E-state index is 12.2. The number of halogens is 1. The summed E-state index contributed by atoms with van der Waals surface area (Å²) in [5.41, 5.74) is 9.58. The highest BCUT2D eigenvalue weighted by atomic mass is 35.5. The first-order valence-electron chi connectivity index (χ1n) is 13.0. The predicted molar refractivity (Wildman–Crippen MR) is 150 cm³/mol. The summed E-state index contributed by atoms with van der Waals surface area (Å²) in [5.74, 6) is 0.377. The molecule has 39 heavy (non-hydrogen) atoms. The molecule has 1 aliphatic carbocycles. The van der Waals surface area contributed by atoms with Crippen LogP contribution >= 0.6 is 22.9 Å². The molecule has 0 unspecified atom stereocenters. The normalized spacial score (nSPS) is 25.2. The summed E-state index contributed by atoms with van der Waals surface area (Å²) < 4.78 is 7.92. The Morgan fingerprint density at radius 2 is 1.82 bits per heavy atom. The molecule has 204 valence electrons. The van der Waals surface area contributed by atoms with Crippen molar-refractivity contribution in [2.45, 2.75) is 55.8 Å². The Morgan fingerprint density at radius 1 is 1.03 bits per heavy atom. The van der Waals surface area contributed by atoms with Crippen molar-refractivity contribution in [1.82, 2.24) is 15.4 Å². The van der Waals surface area contributed by atoms with Gasteiger partial charge in [0.05, 0.1) is 15.4 Å².